The molecular formula is C28H39N3O2. The number of allylic oxidation sites excluding steroid dienone is 1. The topological polar surface area (TPSA) is 74.0 Å². The van der Waals surface area contributed by atoms with E-state index in [2.05, 4.69) is 21.4 Å². The second kappa shape index (κ2) is 14.9. The largest absolute Gasteiger partial charge is 0.508 e. The van der Waals surface area contributed by atoms with E-state index in [0.29, 0.717) is 12.3 Å². The van der Waals surface area contributed by atoms with Crippen LogP contribution in [-0.2, 0) is 11.2 Å². The second-order valence-corrected chi connectivity index (χ2v) is 7.89. The number of amidine groups is 1. The third-order valence-electron chi connectivity index (χ3n) is 4.90. The van der Waals surface area contributed by atoms with Gasteiger partial charge >= 0.3 is 0 Å². The van der Waals surface area contributed by atoms with Crippen LogP contribution in [0, 0.1) is 0 Å². The number of nitrogens with zero attached hydrogens (tertiary/aromatic N) is 2. The highest BCUT2D eigenvalue weighted by molar-refractivity contribution is 6.05. The minimum atomic E-state index is 0.0822. The summed E-state index contributed by atoms with van der Waals surface area (Å²) in [6.07, 6.45) is 3.57. The van der Waals surface area contributed by atoms with Crippen LogP contribution in [0.3, 0.4) is 0 Å². The van der Waals surface area contributed by atoms with Crippen LogP contribution in [-0.4, -0.2) is 36.0 Å². The lowest BCUT2D eigenvalue weighted by molar-refractivity contribution is -0.112. The molecule has 5 heteroatoms. The van der Waals surface area contributed by atoms with Crippen molar-refractivity contribution in [2.24, 2.45) is 9.98 Å². The molecule has 1 atom stereocenters. The third-order valence-corrected chi connectivity index (χ3v) is 4.90. The first-order chi connectivity index (χ1) is 15.8. The van der Waals surface area contributed by atoms with E-state index < -0.39 is 0 Å². The molecule has 178 valence electrons. The Balaban J connectivity index is 0.000000322. The molecule has 0 spiro atoms. The number of aliphatic imine (C=N–C) groups is 2. The summed E-state index contributed by atoms with van der Waals surface area (Å²) in [5, 5.41) is 13.2. The van der Waals surface area contributed by atoms with E-state index in [0.717, 1.165) is 41.1 Å². The molecule has 1 aliphatic carbocycles. The number of nitrogens with one attached hydrogen (secondary N) is 1. The minimum Gasteiger partial charge on any atom is -0.508 e. The molecule has 2 N–H and O–H groups in total. The molecule has 0 heterocycles. The minimum absolute atomic E-state index is 0.0822. The molecule has 0 fully saturated rings. The third kappa shape index (κ3) is 9.54. The fourth-order valence-corrected chi connectivity index (χ4v) is 3.57. The van der Waals surface area contributed by atoms with Crippen LogP contribution < -0.4 is 5.32 Å². The summed E-state index contributed by atoms with van der Waals surface area (Å²) in [6.45, 7) is 12.2. The van der Waals surface area contributed by atoms with Crippen molar-refractivity contribution in [1.82, 2.24) is 5.32 Å². The molecule has 3 rings (SSSR count). The van der Waals surface area contributed by atoms with E-state index in [4.69, 9.17) is 0 Å². The predicted molar refractivity (Wildman–Crippen MR) is 141 cm³/mol. The number of ketones is 1. The summed E-state index contributed by atoms with van der Waals surface area (Å²) in [5.74, 6) is 1.27. The zero-order valence-corrected chi connectivity index (χ0v) is 21.1. The lowest BCUT2D eigenvalue weighted by Gasteiger charge is -2.14. The molecule has 0 aliphatic heterocycles. The zero-order valence-electron chi connectivity index (χ0n) is 21.1. The smallest absolute Gasteiger partial charge is 0.154 e. The monoisotopic (exact) mass is 449 g/mol. The summed E-state index contributed by atoms with van der Waals surface area (Å²) < 4.78 is 0. The molecule has 2 aromatic carbocycles. The zero-order chi connectivity index (χ0) is 24.8. The number of phenols is 1. The van der Waals surface area contributed by atoms with Crippen LogP contribution in [0.5, 0.6) is 5.75 Å². The van der Waals surface area contributed by atoms with E-state index in [9.17, 15) is 9.90 Å². The van der Waals surface area contributed by atoms with Crippen LogP contribution in [0.1, 0.15) is 70.7 Å². The van der Waals surface area contributed by atoms with Gasteiger partial charge in [-0.05, 0) is 63.8 Å². The number of hydrogen-bond acceptors (Lipinski definition) is 4. The van der Waals surface area contributed by atoms with Gasteiger partial charge in [0.1, 0.15) is 5.75 Å². The summed E-state index contributed by atoms with van der Waals surface area (Å²) in [5.41, 5.74) is 5.36. The molecule has 1 aliphatic rings. The summed E-state index contributed by atoms with van der Waals surface area (Å²) in [6, 6.07) is 15.9. The number of fused-ring (bicyclic) bond motifs is 1. The maximum absolute atomic E-state index is 11.0. The van der Waals surface area contributed by atoms with Crippen LogP contribution in [0.4, 0.5) is 0 Å². The molecule has 2 aromatic rings. The van der Waals surface area contributed by atoms with Crippen molar-refractivity contribution >= 4 is 17.3 Å². The van der Waals surface area contributed by atoms with Crippen molar-refractivity contribution in [3.8, 4) is 5.75 Å². The molecule has 0 bridgehead atoms. The van der Waals surface area contributed by atoms with Crippen LogP contribution >= 0.6 is 0 Å². The van der Waals surface area contributed by atoms with Gasteiger partial charge < -0.3 is 10.4 Å². The van der Waals surface area contributed by atoms with Gasteiger partial charge in [0.2, 0.25) is 0 Å². The van der Waals surface area contributed by atoms with Gasteiger partial charge in [0.05, 0.1) is 0 Å². The normalized spacial score (nSPS) is 14.8. The lowest BCUT2D eigenvalue weighted by Crippen LogP contribution is -2.21. The SMILES string of the molecule is CC.CC(=O)/C=C(\C)CNC1CCc2c(O)cccc21.CN=C(N=C(C)C)c1ccccc1. The van der Waals surface area contributed by atoms with Crippen molar-refractivity contribution in [1.29, 1.82) is 0 Å². The molecule has 0 radical (unpaired) electrons. The van der Waals surface area contributed by atoms with Crippen molar-refractivity contribution in [2.75, 3.05) is 13.6 Å². The lowest BCUT2D eigenvalue weighted by atomic mass is 10.1. The highest BCUT2D eigenvalue weighted by Crippen LogP contribution is 2.36. The molecular weight excluding hydrogens is 410 g/mol. The Kier molecular flexibility index (Phi) is 12.6. The van der Waals surface area contributed by atoms with E-state index in [1.165, 1.54) is 5.56 Å². The second-order valence-electron chi connectivity index (χ2n) is 7.89. The highest BCUT2D eigenvalue weighted by atomic mass is 16.3. The van der Waals surface area contributed by atoms with Gasteiger partial charge in [0.15, 0.2) is 11.6 Å². The van der Waals surface area contributed by atoms with Crippen LogP contribution in [0.2, 0.25) is 0 Å². The number of carbonyl (C=O) groups is 1. The predicted octanol–water partition coefficient (Wildman–Crippen LogP) is 6.07. The number of carbonyl (C=O) groups excluding carboxylic acids is 1. The number of phenolic OH excluding ortho intramolecular Hbond substituents is 1. The van der Waals surface area contributed by atoms with E-state index in [1.807, 2.05) is 71.0 Å². The van der Waals surface area contributed by atoms with Gasteiger partial charge in [-0.25, -0.2) is 4.99 Å². The average molecular weight is 450 g/mol. The first kappa shape index (κ1) is 28.0. The molecule has 0 saturated heterocycles. The van der Waals surface area contributed by atoms with Gasteiger partial charge in [0, 0.05) is 30.9 Å². The molecule has 0 aromatic heterocycles. The first-order valence-corrected chi connectivity index (χ1v) is 11.6. The van der Waals surface area contributed by atoms with Crippen molar-refractivity contribution in [3.05, 3.63) is 76.9 Å². The maximum Gasteiger partial charge on any atom is 0.154 e. The van der Waals surface area contributed by atoms with Gasteiger partial charge in [-0.15, -0.1) is 0 Å². The summed E-state index contributed by atoms with van der Waals surface area (Å²) >= 11 is 0. The van der Waals surface area contributed by atoms with E-state index in [-0.39, 0.29) is 11.8 Å². The van der Waals surface area contributed by atoms with Gasteiger partial charge in [-0.1, -0.05) is 61.9 Å². The van der Waals surface area contributed by atoms with E-state index in [1.54, 1.807) is 26.1 Å². The standard InChI is InChI=1S/C15H19NO2.C11H14N2.C2H6/c1-10(8-11(2)17)9-16-14-7-6-13-12(14)4-3-5-15(13)18;1-9(2)13-11(12-3)10-7-5-4-6-8-10;1-2/h3-5,8,14,16,18H,6-7,9H2,1-2H3;4-8H,1-3H3;1-2H3/b10-8+;;. The summed E-state index contributed by atoms with van der Waals surface area (Å²) in [4.78, 5) is 19.4. The molecule has 5 nitrogen and oxygen atoms in total. The highest BCUT2D eigenvalue weighted by Gasteiger charge is 2.23. The Hall–Kier alpha value is -3.05. The molecule has 33 heavy (non-hydrogen) atoms. The van der Waals surface area contributed by atoms with Crippen molar-refractivity contribution in [3.63, 3.8) is 0 Å². The van der Waals surface area contributed by atoms with Crippen molar-refractivity contribution < 1.29 is 9.90 Å². The molecule has 0 saturated carbocycles. The van der Waals surface area contributed by atoms with Gasteiger partial charge in [-0.3, -0.25) is 9.79 Å². The Morgan fingerprint density at radius 3 is 2.30 bits per heavy atom. The van der Waals surface area contributed by atoms with Gasteiger partial charge in [0.25, 0.3) is 0 Å². The maximum atomic E-state index is 11.0. The van der Waals surface area contributed by atoms with Crippen LogP contribution in [0.15, 0.2) is 70.2 Å². The number of aromatic hydroxyl groups is 1. The first-order valence-electron chi connectivity index (χ1n) is 11.6. The Morgan fingerprint density at radius 2 is 1.73 bits per heavy atom. The Morgan fingerprint density at radius 1 is 1.06 bits per heavy atom. The molecule has 1 unspecified atom stereocenters. The van der Waals surface area contributed by atoms with Gasteiger partial charge in [-0.2, -0.15) is 0 Å². The number of rotatable bonds is 5. The fourth-order valence-electron chi connectivity index (χ4n) is 3.57. The fraction of sp³-hybridized carbons (Fsp3) is 0.393. The molecule has 0 amide bonds. The van der Waals surface area contributed by atoms with Crippen molar-refractivity contribution in [2.45, 2.75) is 60.4 Å². The Labute approximate surface area is 199 Å². The average Bonchev–Trinajstić information content (AvgIpc) is 3.22. The number of hydrogen-bond donors (Lipinski definition) is 2. The summed E-state index contributed by atoms with van der Waals surface area (Å²) in [7, 11) is 1.76. The van der Waals surface area contributed by atoms with E-state index >= 15 is 0 Å². The quantitative estimate of drug-likeness (QED) is 0.330. The van der Waals surface area contributed by atoms with Crippen LogP contribution in [0.25, 0.3) is 0 Å². The number of benzene rings is 2. The Bertz CT molecular complexity index is 972.